The largest absolute Gasteiger partial charge is 0.493 e. The predicted molar refractivity (Wildman–Crippen MR) is 98.2 cm³/mol. The molecule has 0 radical (unpaired) electrons. The van der Waals surface area contributed by atoms with Gasteiger partial charge in [-0.25, -0.2) is 4.98 Å². The Morgan fingerprint density at radius 3 is 3.16 bits per heavy atom. The van der Waals surface area contributed by atoms with E-state index in [1.54, 1.807) is 25.2 Å². The number of hydrogen-bond acceptors (Lipinski definition) is 5. The first-order valence-electron chi connectivity index (χ1n) is 8.32. The Hall–Kier alpha value is -2.15. The van der Waals surface area contributed by atoms with Gasteiger partial charge in [0.2, 0.25) is 5.91 Å². The van der Waals surface area contributed by atoms with Crippen molar-refractivity contribution in [3.8, 4) is 11.5 Å². The van der Waals surface area contributed by atoms with Crippen LogP contribution in [0.2, 0.25) is 0 Å². The standard InChI is InChI=1S/C18H23N3O3S/c1-12-15(21-11-20-12)10-25-7-6-19-18(22)14-8-13-4-3-5-16(23-2)17(13)24-9-14/h3-5,11,14H,6-10H2,1-2H3,(H,19,22)(H,20,21)/t14-/m0/s1. The van der Waals surface area contributed by atoms with Crippen molar-refractivity contribution in [2.45, 2.75) is 19.1 Å². The number of rotatable bonds is 7. The number of ether oxygens (including phenoxy) is 2. The van der Waals surface area contributed by atoms with Crippen LogP contribution in [0.4, 0.5) is 0 Å². The molecular formula is C18H23N3O3S. The molecule has 2 heterocycles. The average Bonchev–Trinajstić information content (AvgIpc) is 3.05. The number of carbonyl (C=O) groups is 1. The lowest BCUT2D eigenvalue weighted by atomic mass is 9.95. The van der Waals surface area contributed by atoms with E-state index in [0.717, 1.165) is 40.0 Å². The Labute approximate surface area is 151 Å². The molecule has 1 aliphatic rings. The molecule has 25 heavy (non-hydrogen) atoms. The van der Waals surface area contributed by atoms with Gasteiger partial charge in [-0.3, -0.25) is 4.79 Å². The third-order valence-electron chi connectivity index (χ3n) is 4.27. The van der Waals surface area contributed by atoms with Gasteiger partial charge in [-0.05, 0) is 25.0 Å². The van der Waals surface area contributed by atoms with Crippen molar-refractivity contribution in [3.63, 3.8) is 0 Å². The maximum Gasteiger partial charge on any atom is 0.226 e. The van der Waals surface area contributed by atoms with E-state index in [9.17, 15) is 4.79 Å². The molecule has 2 N–H and O–H groups in total. The van der Waals surface area contributed by atoms with Crippen molar-refractivity contribution in [2.75, 3.05) is 26.0 Å². The number of imidazole rings is 1. The van der Waals surface area contributed by atoms with Gasteiger partial charge in [0.15, 0.2) is 11.5 Å². The minimum atomic E-state index is -0.154. The molecule has 1 aliphatic heterocycles. The van der Waals surface area contributed by atoms with Crippen LogP contribution < -0.4 is 14.8 Å². The molecule has 134 valence electrons. The Morgan fingerprint density at radius 1 is 1.52 bits per heavy atom. The third kappa shape index (κ3) is 4.28. The lowest BCUT2D eigenvalue weighted by Gasteiger charge is -2.25. The van der Waals surface area contributed by atoms with Crippen molar-refractivity contribution in [1.29, 1.82) is 0 Å². The van der Waals surface area contributed by atoms with Crippen LogP contribution in [0.15, 0.2) is 24.5 Å². The number of aryl methyl sites for hydroxylation is 1. The molecular weight excluding hydrogens is 338 g/mol. The van der Waals surface area contributed by atoms with E-state index in [2.05, 4.69) is 15.3 Å². The third-order valence-corrected chi connectivity index (χ3v) is 5.24. The van der Waals surface area contributed by atoms with Gasteiger partial charge in [0.1, 0.15) is 6.61 Å². The first-order valence-corrected chi connectivity index (χ1v) is 9.47. The molecule has 1 atom stereocenters. The van der Waals surface area contributed by atoms with Gasteiger partial charge in [0.25, 0.3) is 0 Å². The van der Waals surface area contributed by atoms with Crippen LogP contribution in [0.3, 0.4) is 0 Å². The van der Waals surface area contributed by atoms with E-state index < -0.39 is 0 Å². The van der Waals surface area contributed by atoms with Crippen molar-refractivity contribution in [2.24, 2.45) is 5.92 Å². The zero-order chi connectivity index (χ0) is 17.6. The van der Waals surface area contributed by atoms with Gasteiger partial charge >= 0.3 is 0 Å². The molecule has 0 bridgehead atoms. The minimum Gasteiger partial charge on any atom is -0.493 e. The highest BCUT2D eigenvalue weighted by molar-refractivity contribution is 7.98. The summed E-state index contributed by atoms with van der Waals surface area (Å²) < 4.78 is 11.1. The number of aromatic nitrogens is 2. The number of nitrogens with zero attached hydrogens (tertiary/aromatic N) is 1. The zero-order valence-electron chi connectivity index (χ0n) is 14.5. The summed E-state index contributed by atoms with van der Waals surface area (Å²) in [6, 6.07) is 5.78. The summed E-state index contributed by atoms with van der Waals surface area (Å²) in [5.41, 5.74) is 3.20. The fraction of sp³-hybridized carbons (Fsp3) is 0.444. The number of carbonyl (C=O) groups excluding carboxylic acids is 1. The number of amides is 1. The van der Waals surface area contributed by atoms with Crippen molar-refractivity contribution >= 4 is 17.7 Å². The van der Waals surface area contributed by atoms with E-state index in [-0.39, 0.29) is 11.8 Å². The van der Waals surface area contributed by atoms with Crippen LogP contribution in [-0.2, 0) is 17.0 Å². The summed E-state index contributed by atoms with van der Waals surface area (Å²) in [6.45, 7) is 3.05. The quantitative estimate of drug-likeness (QED) is 0.740. The normalized spacial score (nSPS) is 16.0. The SMILES string of the molecule is COc1cccc2c1OC[C@@H](C(=O)NCCSCc1nc[nH]c1C)C2. The molecule has 0 aliphatic carbocycles. The van der Waals surface area contributed by atoms with Gasteiger partial charge in [0, 0.05) is 23.7 Å². The van der Waals surface area contributed by atoms with E-state index in [0.29, 0.717) is 19.6 Å². The van der Waals surface area contributed by atoms with Crippen LogP contribution in [0.1, 0.15) is 17.0 Å². The number of H-pyrrole nitrogens is 1. The van der Waals surface area contributed by atoms with Crippen molar-refractivity contribution in [3.05, 3.63) is 41.5 Å². The van der Waals surface area contributed by atoms with Gasteiger partial charge in [-0.2, -0.15) is 11.8 Å². The molecule has 1 amide bonds. The van der Waals surface area contributed by atoms with Crippen molar-refractivity contribution in [1.82, 2.24) is 15.3 Å². The Bertz CT molecular complexity index is 732. The summed E-state index contributed by atoms with van der Waals surface area (Å²) in [5, 5.41) is 3.01. The molecule has 3 rings (SSSR count). The molecule has 0 saturated carbocycles. The maximum atomic E-state index is 12.4. The molecule has 7 heteroatoms. The molecule has 1 aromatic heterocycles. The fourth-order valence-corrected chi connectivity index (χ4v) is 3.69. The number of fused-ring (bicyclic) bond motifs is 1. The molecule has 0 saturated heterocycles. The molecule has 2 aromatic rings. The molecule has 0 unspecified atom stereocenters. The van der Waals surface area contributed by atoms with Gasteiger partial charge in [0.05, 0.1) is 25.0 Å². The first kappa shape index (κ1) is 17.7. The van der Waals surface area contributed by atoms with Crippen LogP contribution >= 0.6 is 11.8 Å². The first-order chi connectivity index (χ1) is 12.2. The van der Waals surface area contributed by atoms with E-state index in [1.807, 2.05) is 25.1 Å². The average molecular weight is 361 g/mol. The number of hydrogen-bond donors (Lipinski definition) is 2. The highest BCUT2D eigenvalue weighted by atomic mass is 32.2. The van der Waals surface area contributed by atoms with Crippen LogP contribution in [0.25, 0.3) is 0 Å². The summed E-state index contributed by atoms with van der Waals surface area (Å²) >= 11 is 1.76. The number of thioether (sulfide) groups is 1. The Kier molecular flexibility index (Phi) is 5.86. The molecule has 0 fully saturated rings. The van der Waals surface area contributed by atoms with Gasteiger partial charge in [-0.15, -0.1) is 0 Å². The highest BCUT2D eigenvalue weighted by Gasteiger charge is 2.27. The number of nitrogens with one attached hydrogen (secondary N) is 2. The summed E-state index contributed by atoms with van der Waals surface area (Å²) in [4.78, 5) is 19.7. The van der Waals surface area contributed by atoms with E-state index in [4.69, 9.17) is 9.47 Å². The number of para-hydroxylation sites is 1. The molecule has 1 aromatic carbocycles. The lowest BCUT2D eigenvalue weighted by Crippen LogP contribution is -2.38. The fourth-order valence-electron chi connectivity index (χ4n) is 2.82. The topological polar surface area (TPSA) is 76.2 Å². The Morgan fingerprint density at radius 2 is 2.40 bits per heavy atom. The molecule has 6 nitrogen and oxygen atoms in total. The smallest absolute Gasteiger partial charge is 0.226 e. The number of benzene rings is 1. The summed E-state index contributed by atoms with van der Waals surface area (Å²) in [6.07, 6.45) is 2.39. The van der Waals surface area contributed by atoms with Crippen LogP contribution in [0, 0.1) is 12.8 Å². The summed E-state index contributed by atoms with van der Waals surface area (Å²) in [5.74, 6) is 3.09. The lowest BCUT2D eigenvalue weighted by molar-refractivity contribution is -0.126. The molecule has 0 spiro atoms. The Balaban J connectivity index is 1.42. The zero-order valence-corrected chi connectivity index (χ0v) is 15.3. The monoisotopic (exact) mass is 361 g/mol. The second kappa shape index (κ2) is 8.29. The second-order valence-electron chi connectivity index (χ2n) is 5.98. The number of aromatic amines is 1. The van der Waals surface area contributed by atoms with Crippen LogP contribution in [-0.4, -0.2) is 41.9 Å². The predicted octanol–water partition coefficient (Wildman–Crippen LogP) is 2.33. The summed E-state index contributed by atoms with van der Waals surface area (Å²) in [7, 11) is 1.62. The van der Waals surface area contributed by atoms with Crippen molar-refractivity contribution < 1.29 is 14.3 Å². The van der Waals surface area contributed by atoms with Gasteiger partial charge in [-0.1, -0.05) is 12.1 Å². The highest BCUT2D eigenvalue weighted by Crippen LogP contribution is 2.35. The second-order valence-corrected chi connectivity index (χ2v) is 7.08. The maximum absolute atomic E-state index is 12.4. The van der Waals surface area contributed by atoms with Gasteiger partial charge < -0.3 is 19.8 Å². The number of methoxy groups -OCH3 is 1. The minimum absolute atomic E-state index is 0.0463. The van der Waals surface area contributed by atoms with E-state index in [1.165, 1.54) is 0 Å². The van der Waals surface area contributed by atoms with Crippen LogP contribution in [0.5, 0.6) is 11.5 Å². The van der Waals surface area contributed by atoms with E-state index >= 15 is 0 Å².